The van der Waals surface area contributed by atoms with Gasteiger partial charge in [-0.1, -0.05) is 0 Å². The van der Waals surface area contributed by atoms with E-state index in [1.807, 2.05) is 6.92 Å². The largest absolute Gasteiger partial charge is 0.351 e. The molecule has 76 valence electrons. The molecule has 0 saturated heterocycles. The fourth-order valence-corrected chi connectivity index (χ4v) is 1.15. The molecule has 0 radical (unpaired) electrons. The maximum Gasteiger partial charge on any atom is 0.196 e. The Morgan fingerprint density at radius 3 is 2.40 bits per heavy atom. The summed E-state index contributed by atoms with van der Waals surface area (Å²) in [7, 11) is 0. The molecule has 0 aliphatic carbocycles. The van der Waals surface area contributed by atoms with E-state index in [2.05, 4.69) is 25.3 Å². The molecule has 15 heavy (non-hydrogen) atoms. The van der Waals surface area contributed by atoms with E-state index >= 15 is 0 Å². The number of aromatic nitrogens is 4. The van der Waals surface area contributed by atoms with Gasteiger partial charge in [-0.3, -0.25) is 0 Å². The quantitative estimate of drug-likeness (QED) is 0.756. The number of hydrogen-bond donors (Lipinski definition) is 2. The van der Waals surface area contributed by atoms with Crippen LogP contribution in [0.3, 0.4) is 0 Å². The summed E-state index contributed by atoms with van der Waals surface area (Å²) in [6.45, 7) is 1.84. The number of rotatable bonds is 2. The van der Waals surface area contributed by atoms with Crippen LogP contribution in [-0.2, 0) is 0 Å². The van der Waals surface area contributed by atoms with Crippen LogP contribution >= 0.6 is 12.2 Å². The van der Waals surface area contributed by atoms with Crippen molar-refractivity contribution in [3.8, 4) is 0 Å². The Kier molecular flexibility index (Phi) is 2.68. The van der Waals surface area contributed by atoms with E-state index in [1.165, 1.54) is 0 Å². The average Bonchev–Trinajstić information content (AvgIpc) is 2.25. The predicted octanol–water partition coefficient (Wildman–Crippen LogP) is 1.98. The Bertz CT molecular complexity index is 484. The van der Waals surface area contributed by atoms with Crippen LogP contribution in [-0.4, -0.2) is 19.9 Å². The minimum Gasteiger partial charge on any atom is -0.351 e. The SMILES string of the molecule is Cc1ncc(Nc2cnc(=S)[nH]c2)cn1. The third-order valence-corrected chi connectivity index (χ3v) is 1.96. The molecule has 6 heteroatoms. The van der Waals surface area contributed by atoms with E-state index in [4.69, 9.17) is 12.2 Å². The fraction of sp³-hybridized carbons (Fsp3) is 0.111. The van der Waals surface area contributed by atoms with E-state index in [0.717, 1.165) is 17.2 Å². The number of aryl methyl sites for hydroxylation is 1. The van der Waals surface area contributed by atoms with Crippen LogP contribution in [0.1, 0.15) is 5.82 Å². The number of aromatic amines is 1. The van der Waals surface area contributed by atoms with Gasteiger partial charge in [0.2, 0.25) is 0 Å². The highest BCUT2D eigenvalue weighted by Gasteiger charge is 1.95. The van der Waals surface area contributed by atoms with Gasteiger partial charge >= 0.3 is 0 Å². The van der Waals surface area contributed by atoms with E-state index in [1.54, 1.807) is 24.8 Å². The highest BCUT2D eigenvalue weighted by molar-refractivity contribution is 7.71. The highest BCUT2D eigenvalue weighted by atomic mass is 32.1. The molecule has 5 nitrogen and oxygen atoms in total. The summed E-state index contributed by atoms with van der Waals surface area (Å²) in [6, 6.07) is 0. The van der Waals surface area contributed by atoms with Crippen molar-refractivity contribution in [2.24, 2.45) is 0 Å². The minimum atomic E-state index is 0.459. The smallest absolute Gasteiger partial charge is 0.196 e. The number of nitrogens with one attached hydrogen (secondary N) is 2. The fourth-order valence-electron chi connectivity index (χ4n) is 1.03. The molecular formula is C9H9N5S. The monoisotopic (exact) mass is 219 g/mol. The molecule has 2 aromatic rings. The number of H-pyrrole nitrogens is 1. The summed E-state index contributed by atoms with van der Waals surface area (Å²) in [4.78, 5) is 14.9. The molecule has 2 N–H and O–H groups in total. The molecule has 0 aliphatic rings. The molecular weight excluding hydrogens is 210 g/mol. The van der Waals surface area contributed by atoms with Gasteiger partial charge in [0.25, 0.3) is 0 Å². The van der Waals surface area contributed by atoms with Gasteiger partial charge in [0, 0.05) is 6.20 Å². The molecule has 0 aliphatic heterocycles. The van der Waals surface area contributed by atoms with Gasteiger partial charge in [0.1, 0.15) is 5.82 Å². The second kappa shape index (κ2) is 4.14. The van der Waals surface area contributed by atoms with Crippen molar-refractivity contribution in [1.29, 1.82) is 0 Å². The number of hydrogen-bond acceptors (Lipinski definition) is 5. The third-order valence-electron chi connectivity index (χ3n) is 1.74. The summed E-state index contributed by atoms with van der Waals surface area (Å²) in [5, 5.41) is 3.09. The van der Waals surface area contributed by atoms with Gasteiger partial charge in [-0.25, -0.2) is 15.0 Å². The zero-order valence-corrected chi connectivity index (χ0v) is 8.88. The molecule has 0 amide bonds. The maximum atomic E-state index is 4.83. The zero-order chi connectivity index (χ0) is 10.7. The standard InChI is InChI=1S/C9H9N5S/c1-6-10-2-7(3-11-6)14-8-4-12-9(15)13-5-8/h2-5,14H,1H3,(H,12,13,15). The lowest BCUT2D eigenvalue weighted by Crippen LogP contribution is -1.95. The van der Waals surface area contributed by atoms with E-state index in [9.17, 15) is 0 Å². The van der Waals surface area contributed by atoms with Crippen molar-refractivity contribution in [3.05, 3.63) is 35.4 Å². The first-order valence-electron chi connectivity index (χ1n) is 4.34. The molecule has 0 bridgehead atoms. The summed E-state index contributed by atoms with van der Waals surface area (Å²) in [5.41, 5.74) is 1.63. The molecule has 0 fully saturated rings. The summed E-state index contributed by atoms with van der Waals surface area (Å²) < 4.78 is 0.459. The van der Waals surface area contributed by atoms with E-state index in [0.29, 0.717) is 4.77 Å². The van der Waals surface area contributed by atoms with E-state index < -0.39 is 0 Å². The molecule has 0 spiro atoms. The second-order valence-electron chi connectivity index (χ2n) is 2.95. The lowest BCUT2D eigenvalue weighted by molar-refractivity contribution is 1.05. The van der Waals surface area contributed by atoms with Crippen LogP contribution in [0.4, 0.5) is 11.4 Å². The number of anilines is 2. The Labute approximate surface area is 91.6 Å². The van der Waals surface area contributed by atoms with Crippen LogP contribution in [0, 0.1) is 11.7 Å². The first kappa shape index (κ1) is 9.72. The van der Waals surface area contributed by atoms with Gasteiger partial charge in [0.15, 0.2) is 4.77 Å². The van der Waals surface area contributed by atoms with Crippen molar-refractivity contribution in [2.75, 3.05) is 5.32 Å². The highest BCUT2D eigenvalue weighted by Crippen LogP contribution is 2.11. The molecule has 2 rings (SSSR count). The van der Waals surface area contributed by atoms with Gasteiger partial charge in [0.05, 0.1) is 30.0 Å². The molecule has 0 unspecified atom stereocenters. The summed E-state index contributed by atoms with van der Waals surface area (Å²) in [5.74, 6) is 0.742. The maximum absolute atomic E-state index is 4.83. The van der Waals surface area contributed by atoms with Crippen LogP contribution in [0.2, 0.25) is 0 Å². The summed E-state index contributed by atoms with van der Waals surface area (Å²) >= 11 is 4.83. The van der Waals surface area contributed by atoms with Crippen LogP contribution in [0.25, 0.3) is 0 Å². The second-order valence-corrected chi connectivity index (χ2v) is 3.34. The van der Waals surface area contributed by atoms with Gasteiger partial charge in [-0.05, 0) is 19.1 Å². The summed E-state index contributed by atoms with van der Waals surface area (Å²) in [6.07, 6.45) is 6.82. The predicted molar refractivity (Wildman–Crippen MR) is 59.5 cm³/mol. The Hall–Kier alpha value is -1.82. The van der Waals surface area contributed by atoms with Crippen LogP contribution < -0.4 is 5.32 Å². The lowest BCUT2D eigenvalue weighted by atomic mass is 10.4. The zero-order valence-electron chi connectivity index (χ0n) is 8.06. The lowest BCUT2D eigenvalue weighted by Gasteiger charge is -2.04. The first-order valence-corrected chi connectivity index (χ1v) is 4.75. The molecule has 0 atom stereocenters. The number of nitrogens with zero attached hydrogens (tertiary/aromatic N) is 3. The van der Waals surface area contributed by atoms with Crippen LogP contribution in [0.15, 0.2) is 24.8 Å². The molecule has 2 aromatic heterocycles. The van der Waals surface area contributed by atoms with Crippen molar-refractivity contribution >= 4 is 23.6 Å². The van der Waals surface area contributed by atoms with Gasteiger partial charge < -0.3 is 10.3 Å². The van der Waals surface area contributed by atoms with Crippen molar-refractivity contribution in [3.63, 3.8) is 0 Å². The average molecular weight is 219 g/mol. The first-order chi connectivity index (χ1) is 7.24. The molecule has 2 heterocycles. The normalized spacial score (nSPS) is 9.93. The van der Waals surface area contributed by atoms with Gasteiger partial charge in [-0.15, -0.1) is 0 Å². The minimum absolute atomic E-state index is 0.459. The Balaban J connectivity index is 2.18. The Morgan fingerprint density at radius 2 is 1.80 bits per heavy atom. The third kappa shape index (κ3) is 2.57. The van der Waals surface area contributed by atoms with Crippen molar-refractivity contribution in [2.45, 2.75) is 6.92 Å². The van der Waals surface area contributed by atoms with Crippen LogP contribution in [0.5, 0.6) is 0 Å². The molecule has 0 aromatic carbocycles. The molecule has 0 saturated carbocycles. The van der Waals surface area contributed by atoms with E-state index in [-0.39, 0.29) is 0 Å². The van der Waals surface area contributed by atoms with Crippen molar-refractivity contribution < 1.29 is 0 Å². The van der Waals surface area contributed by atoms with Gasteiger partial charge in [-0.2, -0.15) is 0 Å². The Morgan fingerprint density at radius 1 is 1.13 bits per heavy atom. The van der Waals surface area contributed by atoms with Crippen molar-refractivity contribution in [1.82, 2.24) is 19.9 Å². The topological polar surface area (TPSA) is 66.5 Å².